The van der Waals surface area contributed by atoms with E-state index in [1.165, 1.54) is 24.3 Å². The zero-order valence-corrected chi connectivity index (χ0v) is 9.59. The fourth-order valence-corrected chi connectivity index (χ4v) is 1.48. The molecule has 1 aromatic heterocycles. The highest BCUT2D eigenvalue weighted by Gasteiger charge is 2.09. The number of rotatable bonds is 3. The topological polar surface area (TPSA) is 76.0 Å². The van der Waals surface area contributed by atoms with Crippen molar-refractivity contribution in [1.29, 1.82) is 0 Å². The third-order valence-electron chi connectivity index (χ3n) is 2.21. The number of nitrogens with zero attached hydrogens (tertiary/aromatic N) is 3. The minimum Gasteiger partial charge on any atom is -0.481 e. The van der Waals surface area contributed by atoms with Gasteiger partial charge in [-0.05, 0) is 31.2 Å². The molecular weight excluding hydrogens is 237 g/mol. The monoisotopic (exact) mass is 247 g/mol. The Morgan fingerprint density at radius 2 is 1.89 bits per heavy atom. The van der Waals surface area contributed by atoms with E-state index in [0.29, 0.717) is 17.2 Å². The molecule has 0 radical (unpaired) electrons. The number of aliphatic carboxylic acids is 1. The van der Waals surface area contributed by atoms with Gasteiger partial charge in [-0.2, -0.15) is 0 Å². The van der Waals surface area contributed by atoms with E-state index >= 15 is 0 Å². The maximum absolute atomic E-state index is 12.8. The first-order chi connectivity index (χ1) is 8.54. The SMILES string of the molecule is Cc1nc(CC(=O)O)nc(-c2ccc(F)cc2)n1. The predicted molar refractivity (Wildman–Crippen MR) is 61.3 cm³/mol. The van der Waals surface area contributed by atoms with Crippen LogP contribution in [0.5, 0.6) is 0 Å². The zero-order chi connectivity index (χ0) is 13.1. The van der Waals surface area contributed by atoms with Gasteiger partial charge in [0.25, 0.3) is 0 Å². The average Bonchev–Trinajstić information content (AvgIpc) is 2.28. The van der Waals surface area contributed by atoms with Crippen molar-refractivity contribution < 1.29 is 14.3 Å². The summed E-state index contributed by atoms with van der Waals surface area (Å²) in [4.78, 5) is 22.7. The van der Waals surface area contributed by atoms with E-state index in [-0.39, 0.29) is 18.1 Å². The summed E-state index contributed by atoms with van der Waals surface area (Å²) in [6, 6.07) is 5.67. The molecule has 0 unspecified atom stereocenters. The fourth-order valence-electron chi connectivity index (χ4n) is 1.48. The summed E-state index contributed by atoms with van der Waals surface area (Å²) in [6.07, 6.45) is -0.266. The van der Waals surface area contributed by atoms with Crippen LogP contribution in [0.15, 0.2) is 24.3 Å². The van der Waals surface area contributed by atoms with Crippen LogP contribution in [0.4, 0.5) is 4.39 Å². The van der Waals surface area contributed by atoms with Gasteiger partial charge in [0.2, 0.25) is 0 Å². The van der Waals surface area contributed by atoms with Gasteiger partial charge in [0, 0.05) is 5.56 Å². The van der Waals surface area contributed by atoms with Crippen LogP contribution in [-0.4, -0.2) is 26.0 Å². The lowest BCUT2D eigenvalue weighted by Gasteiger charge is -2.03. The number of halogens is 1. The largest absolute Gasteiger partial charge is 0.481 e. The van der Waals surface area contributed by atoms with Crippen molar-refractivity contribution in [3.05, 3.63) is 41.7 Å². The number of carboxylic acid groups (broad SMARTS) is 1. The molecule has 0 amide bonds. The van der Waals surface area contributed by atoms with Gasteiger partial charge in [-0.3, -0.25) is 4.79 Å². The first-order valence-electron chi connectivity index (χ1n) is 5.24. The lowest BCUT2D eigenvalue weighted by atomic mass is 10.2. The van der Waals surface area contributed by atoms with Crippen LogP contribution < -0.4 is 0 Å². The fraction of sp³-hybridized carbons (Fsp3) is 0.167. The summed E-state index contributed by atoms with van der Waals surface area (Å²) < 4.78 is 12.8. The molecular formula is C12H10FN3O2. The van der Waals surface area contributed by atoms with Gasteiger partial charge in [-0.25, -0.2) is 19.3 Å². The molecule has 2 aromatic rings. The molecule has 0 spiro atoms. The number of carbonyl (C=O) groups is 1. The van der Waals surface area contributed by atoms with E-state index < -0.39 is 5.97 Å². The summed E-state index contributed by atoms with van der Waals surface area (Å²) in [5.74, 6) is -0.394. The number of carboxylic acids is 1. The average molecular weight is 247 g/mol. The number of aromatic nitrogens is 3. The van der Waals surface area contributed by atoms with Crippen LogP contribution in [0.2, 0.25) is 0 Å². The molecule has 0 atom stereocenters. The second-order valence-corrected chi connectivity index (χ2v) is 3.70. The Hall–Kier alpha value is -2.37. The molecule has 0 saturated carbocycles. The Bertz CT molecular complexity index is 584. The minimum absolute atomic E-state index is 0.189. The zero-order valence-electron chi connectivity index (χ0n) is 9.59. The molecule has 0 aliphatic carbocycles. The Kier molecular flexibility index (Phi) is 3.27. The Morgan fingerprint density at radius 1 is 1.22 bits per heavy atom. The van der Waals surface area contributed by atoms with Gasteiger partial charge in [0.15, 0.2) is 5.82 Å². The molecule has 1 heterocycles. The summed E-state index contributed by atoms with van der Waals surface area (Å²) in [5.41, 5.74) is 0.619. The molecule has 2 rings (SSSR count). The van der Waals surface area contributed by atoms with E-state index in [9.17, 15) is 9.18 Å². The third kappa shape index (κ3) is 2.85. The Morgan fingerprint density at radius 3 is 2.50 bits per heavy atom. The molecule has 0 fully saturated rings. The predicted octanol–water partition coefficient (Wildman–Crippen LogP) is 1.61. The summed E-state index contributed by atoms with van der Waals surface area (Å²) in [7, 11) is 0. The van der Waals surface area contributed by atoms with Crippen molar-refractivity contribution in [2.75, 3.05) is 0 Å². The lowest BCUT2D eigenvalue weighted by Crippen LogP contribution is -2.08. The van der Waals surface area contributed by atoms with Crippen molar-refractivity contribution in [2.24, 2.45) is 0 Å². The maximum atomic E-state index is 12.8. The summed E-state index contributed by atoms with van der Waals surface area (Å²) >= 11 is 0. The molecule has 6 heteroatoms. The molecule has 0 aliphatic heterocycles. The molecule has 92 valence electrons. The van der Waals surface area contributed by atoms with E-state index in [0.717, 1.165) is 0 Å². The highest BCUT2D eigenvalue weighted by Crippen LogP contribution is 2.15. The molecule has 1 N–H and O–H groups in total. The van der Waals surface area contributed by atoms with Crippen molar-refractivity contribution in [1.82, 2.24) is 15.0 Å². The number of hydrogen-bond acceptors (Lipinski definition) is 4. The van der Waals surface area contributed by atoms with Gasteiger partial charge in [-0.15, -0.1) is 0 Å². The van der Waals surface area contributed by atoms with Crippen LogP contribution in [0.1, 0.15) is 11.6 Å². The first kappa shape index (κ1) is 12.1. The lowest BCUT2D eigenvalue weighted by molar-refractivity contribution is -0.136. The van der Waals surface area contributed by atoms with Crippen molar-refractivity contribution in [2.45, 2.75) is 13.3 Å². The van der Waals surface area contributed by atoms with Crippen LogP contribution in [0.25, 0.3) is 11.4 Å². The van der Waals surface area contributed by atoms with E-state index in [1.54, 1.807) is 6.92 Å². The van der Waals surface area contributed by atoms with E-state index in [1.807, 2.05) is 0 Å². The molecule has 0 aliphatic rings. The van der Waals surface area contributed by atoms with Gasteiger partial charge >= 0.3 is 5.97 Å². The molecule has 0 bridgehead atoms. The van der Waals surface area contributed by atoms with Crippen LogP contribution >= 0.6 is 0 Å². The molecule has 1 aromatic carbocycles. The van der Waals surface area contributed by atoms with Crippen molar-refractivity contribution in [3.8, 4) is 11.4 Å². The van der Waals surface area contributed by atoms with Crippen molar-refractivity contribution in [3.63, 3.8) is 0 Å². The van der Waals surface area contributed by atoms with Crippen molar-refractivity contribution >= 4 is 5.97 Å². The number of hydrogen-bond donors (Lipinski definition) is 1. The number of aryl methyl sites for hydroxylation is 1. The number of benzene rings is 1. The molecule has 5 nitrogen and oxygen atoms in total. The maximum Gasteiger partial charge on any atom is 0.311 e. The van der Waals surface area contributed by atoms with Gasteiger partial charge in [0.1, 0.15) is 23.9 Å². The van der Waals surface area contributed by atoms with Crippen LogP contribution in [0, 0.1) is 12.7 Å². The highest BCUT2D eigenvalue weighted by atomic mass is 19.1. The normalized spacial score (nSPS) is 10.3. The summed E-state index contributed by atoms with van der Waals surface area (Å²) in [5, 5.41) is 8.71. The first-order valence-corrected chi connectivity index (χ1v) is 5.24. The highest BCUT2D eigenvalue weighted by molar-refractivity contribution is 5.69. The molecule has 0 saturated heterocycles. The van der Waals surface area contributed by atoms with Crippen LogP contribution in [0.3, 0.4) is 0 Å². The van der Waals surface area contributed by atoms with Gasteiger partial charge in [0.05, 0.1) is 0 Å². The smallest absolute Gasteiger partial charge is 0.311 e. The van der Waals surface area contributed by atoms with Crippen LogP contribution in [-0.2, 0) is 11.2 Å². The molecule has 18 heavy (non-hydrogen) atoms. The Labute approximate surface area is 102 Å². The van der Waals surface area contributed by atoms with E-state index in [4.69, 9.17) is 5.11 Å². The second kappa shape index (κ2) is 4.87. The summed E-state index contributed by atoms with van der Waals surface area (Å²) in [6.45, 7) is 1.65. The van der Waals surface area contributed by atoms with Gasteiger partial charge in [-0.1, -0.05) is 0 Å². The second-order valence-electron chi connectivity index (χ2n) is 3.70. The van der Waals surface area contributed by atoms with E-state index in [2.05, 4.69) is 15.0 Å². The quantitative estimate of drug-likeness (QED) is 0.891. The minimum atomic E-state index is -1.01. The Balaban J connectivity index is 2.41. The standard InChI is InChI=1S/C12H10FN3O2/c1-7-14-10(6-11(17)18)16-12(15-7)8-2-4-9(13)5-3-8/h2-5H,6H2,1H3,(H,17,18). The third-order valence-corrected chi connectivity index (χ3v) is 2.21. The van der Waals surface area contributed by atoms with Gasteiger partial charge < -0.3 is 5.11 Å².